The largest absolute Gasteiger partial charge is 0.559 e. The van der Waals surface area contributed by atoms with Crippen LogP contribution in [0.1, 0.15) is 0 Å². The van der Waals surface area contributed by atoms with Crippen molar-refractivity contribution in [3.8, 4) is 0 Å². The molecule has 1 aromatic rings. The van der Waals surface area contributed by atoms with E-state index in [0.29, 0.717) is 0 Å². The first-order valence-corrected chi connectivity index (χ1v) is 3.89. The van der Waals surface area contributed by atoms with E-state index in [1.54, 1.807) is 0 Å². The molecule has 1 rings (SSSR count). The minimum absolute atomic E-state index is 0.110. The van der Waals surface area contributed by atoms with Gasteiger partial charge in [-0.2, -0.15) is 36.2 Å². The van der Waals surface area contributed by atoms with Gasteiger partial charge in [0, 0.05) is 0 Å². The fourth-order valence-corrected chi connectivity index (χ4v) is 0.918. The highest BCUT2D eigenvalue weighted by Crippen LogP contribution is 2.32. The Balaban J connectivity index is 3.50. The summed E-state index contributed by atoms with van der Waals surface area (Å²) in [6.07, 6.45) is 0.110. The lowest BCUT2D eigenvalue weighted by Crippen LogP contribution is -2.43. The Morgan fingerprint density at radius 3 is 1.67 bits per heavy atom. The summed E-state index contributed by atoms with van der Waals surface area (Å²) in [5.74, 6) is -3.19. The van der Waals surface area contributed by atoms with Gasteiger partial charge in [-0.3, -0.25) is 0 Å². The van der Waals surface area contributed by atoms with Gasteiger partial charge in [0.15, 0.2) is 0 Å². The van der Waals surface area contributed by atoms with Crippen molar-refractivity contribution < 1.29 is 31.2 Å². The predicted octanol–water partition coefficient (Wildman–Crippen LogP) is -0.773. The van der Waals surface area contributed by atoms with Crippen molar-refractivity contribution in [3.63, 3.8) is 0 Å². The van der Waals surface area contributed by atoms with Crippen LogP contribution in [0, 0.1) is 15.6 Å². The van der Waals surface area contributed by atoms with Gasteiger partial charge in [-0.1, -0.05) is 0 Å². The highest BCUT2D eigenvalue weighted by atomic mass is 17.1. The van der Waals surface area contributed by atoms with E-state index in [0.717, 1.165) is 0 Å². The molecule has 0 aliphatic carbocycles. The first kappa shape index (κ1) is 14.7. The van der Waals surface area contributed by atoms with Crippen molar-refractivity contribution in [2.75, 3.05) is 0 Å². The Bertz CT molecular complexity index is 444. The van der Waals surface area contributed by atoms with E-state index in [1.165, 1.54) is 0 Å². The molecule has 14 nitrogen and oxygen atoms in total. The van der Waals surface area contributed by atoms with Crippen LogP contribution >= 0.6 is 0 Å². The molecule has 102 valence electrons. The molecule has 0 spiro atoms. The van der Waals surface area contributed by atoms with Crippen molar-refractivity contribution in [1.82, 2.24) is 24.9 Å². The standard InChI is InChI=1S/C4H7N5O9/c10-7(11,12)2-1-5-4(9(16,17)18)6-3(2)8(13,14)15/h1,10-11,13-14,16-17H. The molecule has 6 N–H and O–H groups in total. The maximum absolute atomic E-state index is 10.8. The van der Waals surface area contributed by atoms with Gasteiger partial charge in [0.2, 0.25) is 0 Å². The molecule has 1 aromatic heterocycles. The van der Waals surface area contributed by atoms with Crippen LogP contribution in [-0.4, -0.2) is 41.2 Å². The second kappa shape index (κ2) is 4.07. The van der Waals surface area contributed by atoms with E-state index in [-0.39, 0.29) is 6.20 Å². The molecule has 0 fully saturated rings. The molecule has 0 aromatic carbocycles. The van der Waals surface area contributed by atoms with Gasteiger partial charge >= 0.3 is 17.5 Å². The third kappa shape index (κ3) is 3.08. The van der Waals surface area contributed by atoms with Crippen LogP contribution in [0.4, 0.5) is 17.5 Å². The molecule has 0 unspecified atom stereocenters. The lowest BCUT2D eigenvalue weighted by Gasteiger charge is -2.28. The molecule has 0 saturated carbocycles. The smallest absolute Gasteiger partial charge is 0.403 e. The summed E-state index contributed by atoms with van der Waals surface area (Å²) in [7, 11) is 0. The molecule has 0 saturated heterocycles. The number of quaternary nitrogens is 3. The molecule has 14 heteroatoms. The molecule has 0 radical (unpaired) electrons. The van der Waals surface area contributed by atoms with Gasteiger partial charge in [0.1, 0.15) is 6.20 Å². The Morgan fingerprint density at radius 2 is 1.33 bits per heavy atom. The van der Waals surface area contributed by atoms with Crippen molar-refractivity contribution in [2.24, 2.45) is 0 Å². The molecule has 0 aliphatic rings. The first-order valence-electron chi connectivity index (χ1n) is 3.89. The fourth-order valence-electron chi connectivity index (χ4n) is 0.918. The van der Waals surface area contributed by atoms with Gasteiger partial charge in [0.05, 0.1) is 0 Å². The first-order chi connectivity index (χ1) is 7.83. The minimum atomic E-state index is -3.44. The molecule has 0 amide bonds. The summed E-state index contributed by atoms with van der Waals surface area (Å²) < 4.78 is 0. The molecular formula is C4H7N5O9. The van der Waals surface area contributed by atoms with Crippen LogP contribution in [0.15, 0.2) is 6.20 Å². The quantitative estimate of drug-likeness (QED) is 0.295. The minimum Gasteiger partial charge on any atom is -0.559 e. The molecular weight excluding hydrogens is 262 g/mol. The Hall–Kier alpha value is -1.40. The lowest BCUT2D eigenvalue weighted by molar-refractivity contribution is -0.274. The number of aromatic nitrogens is 2. The van der Waals surface area contributed by atoms with E-state index in [2.05, 4.69) is 9.97 Å². The fraction of sp³-hybridized carbons (Fsp3) is 0. The predicted molar refractivity (Wildman–Crippen MR) is 48.2 cm³/mol. The Morgan fingerprint density at radius 1 is 0.833 bits per heavy atom. The zero-order valence-corrected chi connectivity index (χ0v) is 8.22. The monoisotopic (exact) mass is 269 g/mol. The summed E-state index contributed by atoms with van der Waals surface area (Å²) in [6.45, 7) is 0. The second-order valence-corrected chi connectivity index (χ2v) is 3.01. The highest BCUT2D eigenvalue weighted by Gasteiger charge is 2.38. The Kier molecular flexibility index (Phi) is 3.31. The van der Waals surface area contributed by atoms with Gasteiger partial charge < -0.3 is 15.6 Å². The van der Waals surface area contributed by atoms with Crippen molar-refractivity contribution in [1.29, 1.82) is 0 Å². The summed E-state index contributed by atoms with van der Waals surface area (Å²) >= 11 is 0. The molecule has 18 heavy (non-hydrogen) atoms. The molecule has 1 heterocycles. The van der Waals surface area contributed by atoms with Crippen molar-refractivity contribution in [3.05, 3.63) is 21.8 Å². The van der Waals surface area contributed by atoms with Gasteiger partial charge in [-0.05, 0) is 14.9 Å². The Labute approximate surface area is 96.5 Å². The van der Waals surface area contributed by atoms with E-state index in [9.17, 15) is 15.6 Å². The average molecular weight is 269 g/mol. The second-order valence-electron chi connectivity index (χ2n) is 3.01. The number of hydrogen-bond donors (Lipinski definition) is 6. The normalized spacial score (nSPS) is 13.8. The van der Waals surface area contributed by atoms with Crippen LogP contribution in [0.2, 0.25) is 0 Å². The molecule has 0 atom stereocenters. The van der Waals surface area contributed by atoms with E-state index < -0.39 is 32.4 Å². The van der Waals surface area contributed by atoms with Crippen molar-refractivity contribution in [2.45, 2.75) is 0 Å². The summed E-state index contributed by atoms with van der Waals surface area (Å²) in [4.78, 5) is -4.51. The van der Waals surface area contributed by atoms with Crippen molar-refractivity contribution >= 4 is 17.5 Å². The third-order valence-corrected chi connectivity index (χ3v) is 1.59. The van der Waals surface area contributed by atoms with Crippen LogP contribution in [0.25, 0.3) is 0 Å². The maximum Gasteiger partial charge on any atom is 0.403 e. The summed E-state index contributed by atoms with van der Waals surface area (Å²) in [5, 5.41) is 83.6. The topological polar surface area (TPSA) is 216 Å². The average Bonchev–Trinajstić information content (AvgIpc) is 2.12. The molecule has 0 bridgehead atoms. The van der Waals surface area contributed by atoms with E-state index >= 15 is 0 Å². The van der Waals surface area contributed by atoms with Crippen LogP contribution in [0.5, 0.6) is 0 Å². The van der Waals surface area contributed by atoms with E-state index in [1.807, 2.05) is 0 Å². The highest BCUT2D eigenvalue weighted by molar-refractivity contribution is 5.59. The van der Waals surface area contributed by atoms with Gasteiger partial charge in [-0.25, -0.2) is 0 Å². The van der Waals surface area contributed by atoms with E-state index in [4.69, 9.17) is 31.2 Å². The third-order valence-electron chi connectivity index (χ3n) is 1.59. The summed E-state index contributed by atoms with van der Waals surface area (Å²) in [5.41, 5.74) is -1.47. The zero-order valence-electron chi connectivity index (χ0n) is 8.22. The lowest BCUT2D eigenvalue weighted by atomic mass is 10.5. The van der Waals surface area contributed by atoms with Gasteiger partial charge in [-0.15, -0.1) is 4.98 Å². The number of nitrogens with zero attached hydrogens (tertiary/aromatic N) is 5. The number of rotatable bonds is 3. The number of hydrogen-bond acceptors (Lipinski definition) is 11. The van der Waals surface area contributed by atoms with Crippen LogP contribution < -0.4 is 14.9 Å². The zero-order chi connectivity index (χ0) is 14.4. The van der Waals surface area contributed by atoms with Gasteiger partial charge in [0.25, 0.3) is 0 Å². The van der Waals surface area contributed by atoms with Crippen LogP contribution in [0.3, 0.4) is 0 Å². The molecule has 0 aliphatic heterocycles. The maximum atomic E-state index is 10.8. The summed E-state index contributed by atoms with van der Waals surface area (Å²) in [6, 6.07) is 0. The van der Waals surface area contributed by atoms with Crippen LogP contribution in [-0.2, 0) is 0 Å². The SMILES string of the molecule is [O-][N+](O)(O)c1ncc([N+]([O-])(O)O)c([N+]([O-])(O)O)n1.